The molecule has 1 fully saturated rings. The van der Waals surface area contributed by atoms with E-state index in [-0.39, 0.29) is 0 Å². The predicted octanol–water partition coefficient (Wildman–Crippen LogP) is 2.11. The van der Waals surface area contributed by atoms with Gasteiger partial charge in [-0.2, -0.15) is 4.37 Å². The Balaban J connectivity index is 1.40. The van der Waals surface area contributed by atoms with Crippen molar-refractivity contribution in [1.29, 1.82) is 0 Å². The minimum atomic E-state index is 0.613. The van der Waals surface area contributed by atoms with Crippen LogP contribution in [0.1, 0.15) is 30.4 Å². The van der Waals surface area contributed by atoms with Crippen molar-refractivity contribution in [1.82, 2.24) is 24.0 Å². The van der Waals surface area contributed by atoms with Crippen LogP contribution in [0, 0.1) is 0 Å². The van der Waals surface area contributed by atoms with Gasteiger partial charge < -0.3 is 5.32 Å². The summed E-state index contributed by atoms with van der Waals surface area (Å²) in [5, 5.41) is 12.6. The maximum absolute atomic E-state index is 4.51. The molecule has 4 rings (SSSR count). The van der Waals surface area contributed by atoms with E-state index in [4.69, 9.17) is 0 Å². The molecular formula is C13H14N6S. The molecule has 1 N–H and O–H groups in total. The summed E-state index contributed by atoms with van der Waals surface area (Å²) in [5.74, 6) is 2.58. The Labute approximate surface area is 120 Å². The summed E-state index contributed by atoms with van der Waals surface area (Å²) in [7, 11) is 0. The second-order valence-electron chi connectivity index (χ2n) is 4.95. The van der Waals surface area contributed by atoms with Crippen LogP contribution in [-0.4, -0.2) is 30.5 Å². The number of rotatable bonds is 5. The van der Waals surface area contributed by atoms with Crippen molar-refractivity contribution in [3.05, 3.63) is 36.0 Å². The summed E-state index contributed by atoms with van der Waals surface area (Å²) in [5.41, 5.74) is 0.884. The van der Waals surface area contributed by atoms with Gasteiger partial charge in [-0.3, -0.25) is 4.40 Å². The van der Waals surface area contributed by atoms with Crippen LogP contribution < -0.4 is 5.32 Å². The zero-order valence-electron chi connectivity index (χ0n) is 10.9. The van der Waals surface area contributed by atoms with Crippen LogP contribution in [-0.2, 0) is 6.42 Å². The maximum Gasteiger partial charge on any atom is 0.202 e. The van der Waals surface area contributed by atoms with Crippen molar-refractivity contribution in [3.63, 3.8) is 0 Å². The van der Waals surface area contributed by atoms with Crippen molar-refractivity contribution in [2.45, 2.75) is 25.2 Å². The van der Waals surface area contributed by atoms with Gasteiger partial charge in [-0.1, -0.05) is 6.07 Å². The van der Waals surface area contributed by atoms with Gasteiger partial charge in [-0.15, -0.1) is 10.2 Å². The Bertz CT molecular complexity index is 729. The van der Waals surface area contributed by atoms with E-state index in [1.54, 1.807) is 0 Å². The number of nitrogens with one attached hydrogen (secondary N) is 1. The second kappa shape index (κ2) is 4.82. The smallest absolute Gasteiger partial charge is 0.202 e. The molecule has 7 heteroatoms. The third-order valence-electron chi connectivity index (χ3n) is 3.39. The van der Waals surface area contributed by atoms with Gasteiger partial charge in [0.15, 0.2) is 5.65 Å². The van der Waals surface area contributed by atoms with Crippen LogP contribution in [0.15, 0.2) is 24.4 Å². The summed E-state index contributed by atoms with van der Waals surface area (Å²) in [4.78, 5) is 4.51. The molecular weight excluding hydrogens is 272 g/mol. The molecule has 3 heterocycles. The molecule has 3 aromatic heterocycles. The normalized spacial score (nSPS) is 14.8. The van der Waals surface area contributed by atoms with Crippen molar-refractivity contribution in [2.24, 2.45) is 0 Å². The first-order valence-corrected chi connectivity index (χ1v) is 7.53. The summed E-state index contributed by atoms with van der Waals surface area (Å²) < 4.78 is 6.39. The molecule has 0 aliphatic heterocycles. The van der Waals surface area contributed by atoms with E-state index in [1.165, 1.54) is 24.4 Å². The van der Waals surface area contributed by atoms with E-state index < -0.39 is 0 Å². The van der Waals surface area contributed by atoms with Crippen LogP contribution >= 0.6 is 11.5 Å². The maximum atomic E-state index is 4.51. The monoisotopic (exact) mass is 286 g/mol. The van der Waals surface area contributed by atoms with E-state index in [0.29, 0.717) is 5.92 Å². The molecule has 0 amide bonds. The van der Waals surface area contributed by atoms with Gasteiger partial charge in [-0.25, -0.2) is 4.98 Å². The SMILES string of the molecule is c1ccn2c(CCNc3nc(C4CC4)ns3)nnc2c1. The third kappa shape index (κ3) is 2.24. The molecule has 0 saturated heterocycles. The van der Waals surface area contributed by atoms with Crippen molar-refractivity contribution < 1.29 is 0 Å². The largest absolute Gasteiger partial charge is 0.360 e. The molecule has 1 aliphatic carbocycles. The fraction of sp³-hybridized carbons (Fsp3) is 0.385. The minimum Gasteiger partial charge on any atom is -0.360 e. The van der Waals surface area contributed by atoms with Gasteiger partial charge in [0, 0.05) is 36.6 Å². The van der Waals surface area contributed by atoms with E-state index >= 15 is 0 Å². The molecule has 1 aliphatic rings. The Morgan fingerprint density at radius 1 is 1.30 bits per heavy atom. The fourth-order valence-electron chi connectivity index (χ4n) is 2.16. The minimum absolute atomic E-state index is 0.613. The van der Waals surface area contributed by atoms with Crippen LogP contribution in [0.4, 0.5) is 5.13 Å². The van der Waals surface area contributed by atoms with Crippen molar-refractivity contribution >= 4 is 22.3 Å². The Morgan fingerprint density at radius 2 is 2.25 bits per heavy atom. The Hall–Kier alpha value is -2.02. The molecule has 20 heavy (non-hydrogen) atoms. The van der Waals surface area contributed by atoms with Crippen LogP contribution in [0.5, 0.6) is 0 Å². The van der Waals surface area contributed by atoms with Crippen molar-refractivity contribution in [2.75, 3.05) is 11.9 Å². The van der Waals surface area contributed by atoms with Crippen molar-refractivity contribution in [3.8, 4) is 0 Å². The molecule has 3 aromatic rings. The molecule has 102 valence electrons. The second-order valence-corrected chi connectivity index (χ2v) is 5.71. The first-order chi connectivity index (χ1) is 9.90. The first-order valence-electron chi connectivity index (χ1n) is 6.76. The molecule has 0 radical (unpaired) electrons. The lowest BCUT2D eigenvalue weighted by Gasteiger charge is -2.01. The molecule has 0 atom stereocenters. The standard InChI is InChI=1S/C13H14N6S/c1-2-8-19-10(3-1)16-17-11(19)6-7-14-13-15-12(18-20-13)9-4-5-9/h1-3,8-9H,4-7H2,(H,14,15,18). The molecule has 1 saturated carbocycles. The number of hydrogen-bond acceptors (Lipinski definition) is 6. The van der Waals surface area contributed by atoms with Gasteiger partial charge in [0.25, 0.3) is 0 Å². The van der Waals surface area contributed by atoms with Gasteiger partial charge >= 0.3 is 0 Å². The number of fused-ring (bicyclic) bond motifs is 1. The summed E-state index contributed by atoms with van der Waals surface area (Å²) in [6.45, 7) is 0.787. The van der Waals surface area contributed by atoms with E-state index in [2.05, 4.69) is 24.9 Å². The quantitative estimate of drug-likeness (QED) is 0.778. The number of aromatic nitrogens is 5. The molecule has 0 bridgehead atoms. The summed E-state index contributed by atoms with van der Waals surface area (Å²) >= 11 is 1.44. The molecule has 0 unspecified atom stereocenters. The van der Waals surface area contributed by atoms with Crippen LogP contribution in [0.25, 0.3) is 5.65 Å². The number of anilines is 1. The molecule has 6 nitrogen and oxygen atoms in total. The predicted molar refractivity (Wildman–Crippen MR) is 77.1 cm³/mol. The van der Waals surface area contributed by atoms with E-state index in [1.807, 2.05) is 28.8 Å². The Kier molecular flexibility index (Phi) is 2.84. The zero-order chi connectivity index (χ0) is 13.4. The zero-order valence-corrected chi connectivity index (χ0v) is 11.7. The van der Waals surface area contributed by atoms with E-state index in [9.17, 15) is 0 Å². The summed E-state index contributed by atoms with van der Waals surface area (Å²) in [6.07, 6.45) is 5.27. The van der Waals surface area contributed by atoms with Gasteiger partial charge in [0.05, 0.1) is 0 Å². The molecule has 0 aromatic carbocycles. The number of pyridine rings is 1. The average molecular weight is 286 g/mol. The van der Waals surface area contributed by atoms with Crippen LogP contribution in [0.2, 0.25) is 0 Å². The topological polar surface area (TPSA) is 68.0 Å². The van der Waals surface area contributed by atoms with Gasteiger partial charge in [0.1, 0.15) is 11.6 Å². The fourth-order valence-corrected chi connectivity index (χ4v) is 2.83. The summed E-state index contributed by atoms with van der Waals surface area (Å²) in [6, 6.07) is 5.91. The van der Waals surface area contributed by atoms with Gasteiger partial charge in [-0.05, 0) is 25.0 Å². The first kappa shape index (κ1) is 11.8. The highest BCUT2D eigenvalue weighted by atomic mass is 32.1. The third-order valence-corrected chi connectivity index (χ3v) is 4.08. The average Bonchev–Trinajstić information content (AvgIpc) is 3.09. The highest BCUT2D eigenvalue weighted by Gasteiger charge is 2.27. The van der Waals surface area contributed by atoms with Gasteiger partial charge in [0.2, 0.25) is 5.13 Å². The molecule has 0 spiro atoms. The lowest BCUT2D eigenvalue weighted by Crippen LogP contribution is -2.07. The lowest BCUT2D eigenvalue weighted by atomic mass is 10.4. The Morgan fingerprint density at radius 3 is 3.15 bits per heavy atom. The number of hydrogen-bond donors (Lipinski definition) is 1. The number of nitrogens with zero attached hydrogens (tertiary/aromatic N) is 5. The van der Waals surface area contributed by atoms with Crippen LogP contribution in [0.3, 0.4) is 0 Å². The highest BCUT2D eigenvalue weighted by Crippen LogP contribution is 2.39. The lowest BCUT2D eigenvalue weighted by molar-refractivity contribution is 0.868. The van der Waals surface area contributed by atoms with E-state index in [0.717, 1.165) is 35.4 Å². The highest BCUT2D eigenvalue weighted by molar-refractivity contribution is 7.09.